The van der Waals surface area contributed by atoms with Crippen molar-refractivity contribution < 1.29 is 41.0 Å². The maximum atomic E-state index is 13.1. The Balaban J connectivity index is 1.78. The number of ether oxygens (including phenoxy) is 1. The van der Waals surface area contributed by atoms with E-state index in [0.717, 1.165) is 18.3 Å². The predicted molar refractivity (Wildman–Crippen MR) is 122 cm³/mol. The Kier molecular flexibility index (Phi) is 7.57. The third-order valence-corrected chi connectivity index (χ3v) is 5.35. The first-order chi connectivity index (χ1) is 18.6. The molecule has 4 aromatic rings. The summed E-state index contributed by atoms with van der Waals surface area (Å²) < 4.78 is 83.4. The molecule has 212 valence electrons. The van der Waals surface area contributed by atoms with Crippen molar-refractivity contribution in [3.05, 3.63) is 69.8 Å². The van der Waals surface area contributed by atoms with Gasteiger partial charge in [0.25, 0.3) is 5.91 Å². The number of primary amides is 1. The number of alkyl halides is 6. The van der Waals surface area contributed by atoms with E-state index in [1.165, 1.54) is 24.3 Å². The minimum atomic E-state index is -5.13. The average Bonchev–Trinajstić information content (AvgIpc) is 3.40. The van der Waals surface area contributed by atoms with Crippen molar-refractivity contribution >= 4 is 17.5 Å². The van der Waals surface area contributed by atoms with Gasteiger partial charge in [0.05, 0.1) is 6.54 Å². The number of aliphatic hydroxyl groups is 1. The first-order valence-corrected chi connectivity index (χ1v) is 11.2. The summed E-state index contributed by atoms with van der Waals surface area (Å²) >= 11 is 5.85. The maximum absolute atomic E-state index is 13.1. The lowest BCUT2D eigenvalue weighted by atomic mass is 10.2. The Morgan fingerprint density at radius 2 is 1.77 bits per heavy atom. The normalized spacial score (nSPS) is 12.9. The molecule has 0 saturated carbocycles. The molecule has 0 radical (unpaired) electrons. The van der Waals surface area contributed by atoms with E-state index in [1.54, 1.807) is 0 Å². The molecular weight excluding hydrogens is 578 g/mol. The van der Waals surface area contributed by atoms with Crippen LogP contribution in [-0.4, -0.2) is 63.8 Å². The Hall–Kier alpha value is -4.45. The van der Waals surface area contributed by atoms with Gasteiger partial charge in [-0.05, 0) is 36.4 Å². The van der Waals surface area contributed by atoms with E-state index in [-0.39, 0.29) is 16.4 Å². The van der Waals surface area contributed by atoms with Crippen LogP contribution in [0.15, 0.2) is 47.4 Å². The minimum Gasteiger partial charge on any atom is -0.402 e. The van der Waals surface area contributed by atoms with Crippen molar-refractivity contribution in [2.24, 2.45) is 5.73 Å². The number of pyridine rings is 1. The Labute approximate surface area is 223 Å². The van der Waals surface area contributed by atoms with Crippen LogP contribution >= 0.6 is 11.6 Å². The number of hydrogen-bond donors (Lipinski definition) is 2. The molecule has 0 aliphatic heterocycles. The highest BCUT2D eigenvalue weighted by Crippen LogP contribution is 2.28. The topological polar surface area (TPSA) is 156 Å². The number of halogens is 7. The molecule has 4 rings (SSSR count). The molecule has 3 N–H and O–H groups in total. The molecule has 1 amide bonds. The second kappa shape index (κ2) is 10.6. The summed E-state index contributed by atoms with van der Waals surface area (Å²) in [5.41, 5.74) is 4.32. The molecule has 1 atom stereocenters. The first-order valence-electron chi connectivity index (χ1n) is 10.8. The van der Waals surface area contributed by atoms with E-state index >= 15 is 0 Å². The fourth-order valence-electron chi connectivity index (χ4n) is 3.41. The van der Waals surface area contributed by atoms with Gasteiger partial charge < -0.3 is 15.6 Å². The predicted octanol–water partition coefficient (Wildman–Crippen LogP) is 2.31. The van der Waals surface area contributed by atoms with Gasteiger partial charge in [-0.1, -0.05) is 11.6 Å². The molecule has 12 nitrogen and oxygen atoms in total. The zero-order valence-corrected chi connectivity index (χ0v) is 20.3. The van der Waals surface area contributed by atoms with Crippen LogP contribution in [0.1, 0.15) is 16.4 Å². The smallest absolute Gasteiger partial charge is 0.402 e. The van der Waals surface area contributed by atoms with Gasteiger partial charge in [-0.2, -0.15) is 17.9 Å². The van der Waals surface area contributed by atoms with Gasteiger partial charge in [0.1, 0.15) is 6.54 Å². The number of amides is 1. The van der Waals surface area contributed by atoms with Gasteiger partial charge >= 0.3 is 18.2 Å². The highest BCUT2D eigenvalue weighted by molar-refractivity contribution is 6.30. The summed E-state index contributed by atoms with van der Waals surface area (Å²) in [6, 6.07) is 7.52. The SMILES string of the molecule is NC(=O)c1nc(Cn2nc(-c3ccc(Cl)cc3)n(C[C@H](O)C(F)(F)F)c2=O)nn1-c1ncccc1OC(F)(F)F. The Morgan fingerprint density at radius 1 is 1.10 bits per heavy atom. The van der Waals surface area contributed by atoms with Crippen LogP contribution in [0, 0.1) is 0 Å². The van der Waals surface area contributed by atoms with Crippen LogP contribution in [0.25, 0.3) is 17.2 Å². The van der Waals surface area contributed by atoms with Crippen molar-refractivity contribution in [1.29, 1.82) is 0 Å². The second-order valence-electron chi connectivity index (χ2n) is 7.94. The molecule has 3 heterocycles. The number of hydrogen-bond acceptors (Lipinski definition) is 8. The lowest BCUT2D eigenvalue weighted by Gasteiger charge is -2.15. The molecule has 3 aromatic heterocycles. The van der Waals surface area contributed by atoms with Crippen molar-refractivity contribution in [2.45, 2.75) is 31.7 Å². The minimum absolute atomic E-state index is 0.161. The Bertz CT molecular complexity index is 1600. The highest BCUT2D eigenvalue weighted by Gasteiger charge is 2.39. The fraction of sp³-hybridized carbons (Fsp3) is 0.238. The van der Waals surface area contributed by atoms with Crippen LogP contribution < -0.4 is 16.2 Å². The van der Waals surface area contributed by atoms with E-state index in [9.17, 15) is 41.0 Å². The largest absolute Gasteiger partial charge is 0.573 e. The molecule has 0 fully saturated rings. The van der Waals surface area contributed by atoms with E-state index in [0.29, 0.717) is 13.9 Å². The molecule has 0 bridgehead atoms. The molecule has 1 aromatic carbocycles. The van der Waals surface area contributed by atoms with Crippen molar-refractivity contribution in [2.75, 3.05) is 0 Å². The Morgan fingerprint density at radius 3 is 2.38 bits per heavy atom. The summed E-state index contributed by atoms with van der Waals surface area (Å²) in [7, 11) is 0. The number of carbonyl (C=O) groups excluding carboxylic acids is 1. The molecule has 0 aliphatic rings. The second-order valence-corrected chi connectivity index (χ2v) is 8.38. The molecule has 40 heavy (non-hydrogen) atoms. The van der Waals surface area contributed by atoms with Gasteiger partial charge in [-0.15, -0.1) is 23.4 Å². The zero-order chi connectivity index (χ0) is 29.4. The van der Waals surface area contributed by atoms with Crippen LogP contribution in [0.3, 0.4) is 0 Å². The highest BCUT2D eigenvalue weighted by atomic mass is 35.5. The standard InChI is InChI=1S/C21H15ClF6N8O4/c22-11-5-3-10(4-6-11)16-33-35(19(39)34(16)8-13(37)20(23,24)25)9-14-31-18(15(29)38)36(32-14)17-12(2-1-7-30-17)40-21(26,27)28/h1-7,13,37H,8-9H2,(H2,29,38)/t13-/m0/s1. The number of aliphatic hydroxyl groups excluding tert-OH is 1. The lowest BCUT2D eigenvalue weighted by Crippen LogP contribution is -2.37. The quantitative estimate of drug-likeness (QED) is 0.295. The van der Waals surface area contributed by atoms with E-state index < -0.39 is 66.5 Å². The van der Waals surface area contributed by atoms with Crippen LogP contribution in [0.5, 0.6) is 5.75 Å². The molecular formula is C21H15ClF6N8O4. The number of rotatable bonds is 8. The molecule has 0 spiro atoms. The van der Waals surface area contributed by atoms with Crippen LogP contribution in [0.4, 0.5) is 26.3 Å². The summed E-state index contributed by atoms with van der Waals surface area (Å²) in [4.78, 5) is 32.6. The summed E-state index contributed by atoms with van der Waals surface area (Å²) in [6.07, 6.45) is -12.0. The summed E-state index contributed by atoms with van der Waals surface area (Å²) in [5.74, 6) is -4.11. The van der Waals surface area contributed by atoms with Crippen molar-refractivity contribution in [1.82, 2.24) is 34.1 Å². The third-order valence-electron chi connectivity index (χ3n) is 5.10. The number of aromatic nitrogens is 7. The zero-order valence-electron chi connectivity index (χ0n) is 19.6. The number of carbonyl (C=O) groups is 1. The molecule has 0 aliphatic carbocycles. The molecule has 19 heteroatoms. The van der Waals surface area contributed by atoms with Crippen molar-refractivity contribution in [3.8, 4) is 23.0 Å². The van der Waals surface area contributed by atoms with Gasteiger partial charge in [0.2, 0.25) is 5.82 Å². The number of nitrogens with two attached hydrogens (primary N) is 1. The van der Waals surface area contributed by atoms with Crippen molar-refractivity contribution in [3.63, 3.8) is 0 Å². The average molecular weight is 593 g/mol. The van der Waals surface area contributed by atoms with Gasteiger partial charge in [0.15, 0.2) is 29.3 Å². The monoisotopic (exact) mass is 592 g/mol. The number of benzene rings is 1. The first kappa shape index (κ1) is 28.6. The molecule has 0 unspecified atom stereocenters. The molecule has 0 saturated heterocycles. The third kappa shape index (κ3) is 6.23. The van der Waals surface area contributed by atoms with Gasteiger partial charge in [-0.25, -0.2) is 19.4 Å². The fourth-order valence-corrected chi connectivity index (χ4v) is 3.53. The van der Waals surface area contributed by atoms with Gasteiger partial charge in [-0.3, -0.25) is 9.36 Å². The van der Waals surface area contributed by atoms with Crippen LogP contribution in [0.2, 0.25) is 5.02 Å². The van der Waals surface area contributed by atoms with E-state index in [2.05, 4.69) is 24.9 Å². The van der Waals surface area contributed by atoms with Crippen LogP contribution in [-0.2, 0) is 13.1 Å². The lowest BCUT2D eigenvalue weighted by molar-refractivity contribution is -0.274. The van der Waals surface area contributed by atoms with E-state index in [1.807, 2.05) is 0 Å². The maximum Gasteiger partial charge on any atom is 0.573 e. The summed E-state index contributed by atoms with van der Waals surface area (Å²) in [5, 5.41) is 17.8. The summed E-state index contributed by atoms with van der Waals surface area (Å²) in [6.45, 7) is -1.90. The number of nitrogens with zero attached hydrogens (tertiary/aromatic N) is 7. The van der Waals surface area contributed by atoms with E-state index in [4.69, 9.17) is 17.3 Å². The van der Waals surface area contributed by atoms with Gasteiger partial charge in [0, 0.05) is 16.8 Å².